The first-order valence-electron chi connectivity index (χ1n) is 7.65. The quantitative estimate of drug-likeness (QED) is 0.797. The van der Waals surface area contributed by atoms with Crippen LogP contribution >= 0.6 is 11.6 Å². The van der Waals surface area contributed by atoms with Crippen LogP contribution in [0.4, 0.5) is 0 Å². The van der Waals surface area contributed by atoms with Gasteiger partial charge in [-0.1, -0.05) is 37.1 Å². The molecule has 0 unspecified atom stereocenters. The molecule has 122 valence electrons. The average Bonchev–Trinajstić information content (AvgIpc) is 2.84. The molecule has 0 bridgehead atoms. The second kappa shape index (κ2) is 7.47. The fourth-order valence-electron chi connectivity index (χ4n) is 2.70. The summed E-state index contributed by atoms with van der Waals surface area (Å²) in [4.78, 5) is 14.2. The summed E-state index contributed by atoms with van der Waals surface area (Å²) in [5.74, 6) is 0.299. The van der Waals surface area contributed by atoms with Crippen LogP contribution in [0.1, 0.15) is 38.2 Å². The highest BCUT2D eigenvalue weighted by Crippen LogP contribution is 2.22. The summed E-state index contributed by atoms with van der Waals surface area (Å²) in [6.07, 6.45) is 2.79. The van der Waals surface area contributed by atoms with E-state index in [0.29, 0.717) is 24.4 Å². The van der Waals surface area contributed by atoms with Gasteiger partial charge in [-0.05, 0) is 30.5 Å². The largest absolute Gasteiger partial charge is 0.334 e. The lowest BCUT2D eigenvalue weighted by atomic mass is 10.1. The van der Waals surface area contributed by atoms with Crippen LogP contribution in [-0.4, -0.2) is 36.8 Å². The van der Waals surface area contributed by atoms with Gasteiger partial charge >= 0.3 is 0 Å². The molecule has 22 heavy (non-hydrogen) atoms. The van der Waals surface area contributed by atoms with Crippen molar-refractivity contribution in [3.05, 3.63) is 34.9 Å². The normalized spacial score (nSPS) is 20.0. The van der Waals surface area contributed by atoms with Crippen molar-refractivity contribution >= 4 is 27.3 Å². The van der Waals surface area contributed by atoms with E-state index in [1.54, 1.807) is 17.0 Å². The molecule has 4 nitrogen and oxygen atoms in total. The number of hydrogen-bond acceptors (Lipinski definition) is 3. The van der Waals surface area contributed by atoms with Crippen LogP contribution in [0.2, 0.25) is 5.02 Å². The highest BCUT2D eigenvalue weighted by atomic mass is 35.5. The van der Waals surface area contributed by atoms with E-state index in [-0.39, 0.29) is 23.5 Å². The first kappa shape index (κ1) is 17.3. The zero-order valence-corrected chi connectivity index (χ0v) is 14.4. The first-order valence-corrected chi connectivity index (χ1v) is 9.85. The number of rotatable bonds is 6. The van der Waals surface area contributed by atoms with Gasteiger partial charge in [-0.2, -0.15) is 0 Å². The highest BCUT2D eigenvalue weighted by Gasteiger charge is 2.34. The summed E-state index contributed by atoms with van der Waals surface area (Å²) in [6, 6.07) is 7.14. The molecule has 0 aromatic heterocycles. The molecule has 1 aliphatic heterocycles. The molecular weight excluding hydrogens is 322 g/mol. The Bertz CT molecular complexity index is 613. The maximum Gasteiger partial charge on any atom is 0.223 e. The zero-order valence-electron chi connectivity index (χ0n) is 12.8. The van der Waals surface area contributed by atoms with E-state index < -0.39 is 9.84 Å². The first-order chi connectivity index (χ1) is 10.4. The molecule has 2 rings (SSSR count). The van der Waals surface area contributed by atoms with Gasteiger partial charge in [0.2, 0.25) is 5.91 Å². The number of amides is 1. The Kier molecular flexibility index (Phi) is 5.87. The molecule has 1 saturated heterocycles. The van der Waals surface area contributed by atoms with Crippen molar-refractivity contribution in [2.24, 2.45) is 0 Å². The molecule has 6 heteroatoms. The number of sulfone groups is 1. The number of carbonyl (C=O) groups is 1. The van der Waals surface area contributed by atoms with Crippen LogP contribution < -0.4 is 0 Å². The second-order valence-electron chi connectivity index (χ2n) is 5.81. The van der Waals surface area contributed by atoms with Crippen LogP contribution in [0.15, 0.2) is 24.3 Å². The Morgan fingerprint density at radius 3 is 2.55 bits per heavy atom. The molecule has 0 aliphatic carbocycles. The summed E-state index contributed by atoms with van der Waals surface area (Å²) in [5, 5.41) is 0.649. The predicted octanol–water partition coefficient (Wildman–Crippen LogP) is 3.05. The lowest BCUT2D eigenvalue weighted by Gasteiger charge is -2.28. The van der Waals surface area contributed by atoms with Crippen molar-refractivity contribution in [3.8, 4) is 0 Å². The lowest BCUT2D eigenvalue weighted by Crippen LogP contribution is -2.40. The topological polar surface area (TPSA) is 54.5 Å². The maximum absolute atomic E-state index is 12.5. The monoisotopic (exact) mass is 343 g/mol. The minimum Gasteiger partial charge on any atom is -0.334 e. The van der Waals surface area contributed by atoms with Gasteiger partial charge in [0, 0.05) is 24.0 Å². The smallest absolute Gasteiger partial charge is 0.223 e. The standard InChI is InChI=1S/C16H22ClNO3S/c1-2-3-4-16(19)18(15-9-10-22(20,21)12-15)11-13-5-7-14(17)8-6-13/h5-8,15H,2-4,9-12H2,1H3/t15-/m0/s1. The van der Waals surface area contributed by atoms with Gasteiger partial charge in [0.15, 0.2) is 9.84 Å². The third kappa shape index (κ3) is 4.71. The van der Waals surface area contributed by atoms with Crippen LogP contribution in [0.3, 0.4) is 0 Å². The molecule has 0 saturated carbocycles. The van der Waals surface area contributed by atoms with E-state index in [1.165, 1.54) is 0 Å². The van der Waals surface area contributed by atoms with Crippen molar-refractivity contribution in [3.63, 3.8) is 0 Å². The molecule has 1 aliphatic rings. The number of hydrogen-bond donors (Lipinski definition) is 0. The van der Waals surface area contributed by atoms with Crippen LogP contribution in [-0.2, 0) is 21.2 Å². The lowest BCUT2D eigenvalue weighted by molar-refractivity contribution is -0.133. The molecule has 0 N–H and O–H groups in total. The van der Waals surface area contributed by atoms with E-state index >= 15 is 0 Å². The van der Waals surface area contributed by atoms with Crippen molar-refractivity contribution < 1.29 is 13.2 Å². The predicted molar refractivity (Wildman–Crippen MR) is 88.6 cm³/mol. The summed E-state index contributed by atoms with van der Waals surface area (Å²) in [5.41, 5.74) is 0.971. The summed E-state index contributed by atoms with van der Waals surface area (Å²) >= 11 is 5.88. The van der Waals surface area contributed by atoms with Crippen LogP contribution in [0, 0.1) is 0 Å². The van der Waals surface area contributed by atoms with Crippen molar-refractivity contribution in [1.29, 1.82) is 0 Å². The number of halogens is 1. The minimum atomic E-state index is -3.01. The maximum atomic E-state index is 12.5. The van der Waals surface area contributed by atoms with Gasteiger partial charge < -0.3 is 4.90 Å². The van der Waals surface area contributed by atoms with Gasteiger partial charge in [-0.15, -0.1) is 0 Å². The van der Waals surface area contributed by atoms with Gasteiger partial charge in [0.25, 0.3) is 0 Å². The summed E-state index contributed by atoms with van der Waals surface area (Å²) in [7, 11) is -3.01. The van der Waals surface area contributed by atoms with E-state index in [0.717, 1.165) is 18.4 Å². The van der Waals surface area contributed by atoms with Crippen molar-refractivity contribution in [2.75, 3.05) is 11.5 Å². The molecular formula is C16H22ClNO3S. The van der Waals surface area contributed by atoms with E-state index in [9.17, 15) is 13.2 Å². The molecule has 1 fully saturated rings. The SMILES string of the molecule is CCCCC(=O)N(Cc1ccc(Cl)cc1)[C@H]1CCS(=O)(=O)C1. The Labute approximate surface area is 137 Å². The van der Waals surface area contributed by atoms with Gasteiger partial charge in [0.1, 0.15) is 0 Å². The number of nitrogens with zero attached hydrogens (tertiary/aromatic N) is 1. The molecule has 0 radical (unpaired) electrons. The van der Waals surface area contributed by atoms with Gasteiger partial charge in [-0.3, -0.25) is 4.79 Å². The number of unbranched alkanes of at least 4 members (excludes halogenated alkanes) is 1. The Balaban J connectivity index is 2.14. The second-order valence-corrected chi connectivity index (χ2v) is 8.47. The van der Waals surface area contributed by atoms with Gasteiger partial charge in [-0.25, -0.2) is 8.42 Å². The molecule has 1 heterocycles. The number of benzene rings is 1. The minimum absolute atomic E-state index is 0.0406. The van der Waals surface area contributed by atoms with E-state index in [1.807, 2.05) is 19.1 Å². The Morgan fingerprint density at radius 1 is 1.32 bits per heavy atom. The Morgan fingerprint density at radius 2 is 2.00 bits per heavy atom. The molecule has 1 atom stereocenters. The van der Waals surface area contributed by atoms with Crippen LogP contribution in [0.5, 0.6) is 0 Å². The zero-order chi connectivity index (χ0) is 16.2. The molecule has 0 spiro atoms. The Hall–Kier alpha value is -1.07. The average molecular weight is 344 g/mol. The van der Waals surface area contributed by atoms with E-state index in [2.05, 4.69) is 0 Å². The summed E-state index contributed by atoms with van der Waals surface area (Å²) in [6.45, 7) is 2.48. The molecule has 1 amide bonds. The fraction of sp³-hybridized carbons (Fsp3) is 0.562. The summed E-state index contributed by atoms with van der Waals surface area (Å²) < 4.78 is 23.4. The van der Waals surface area contributed by atoms with Gasteiger partial charge in [0.05, 0.1) is 11.5 Å². The van der Waals surface area contributed by atoms with Crippen molar-refractivity contribution in [1.82, 2.24) is 4.90 Å². The van der Waals surface area contributed by atoms with Crippen LogP contribution in [0.25, 0.3) is 0 Å². The fourth-order valence-corrected chi connectivity index (χ4v) is 4.56. The molecule has 1 aromatic carbocycles. The van der Waals surface area contributed by atoms with Crippen molar-refractivity contribution in [2.45, 2.75) is 45.2 Å². The third-order valence-corrected chi connectivity index (χ3v) is 5.98. The third-order valence-electron chi connectivity index (χ3n) is 3.98. The molecule has 1 aromatic rings. The highest BCUT2D eigenvalue weighted by molar-refractivity contribution is 7.91. The van der Waals surface area contributed by atoms with E-state index in [4.69, 9.17) is 11.6 Å². The number of carbonyl (C=O) groups excluding carboxylic acids is 1.